The number of carbonyl (C=O) groups is 2. The van der Waals surface area contributed by atoms with Gasteiger partial charge < -0.3 is 9.64 Å². The molecule has 0 aromatic carbocycles. The van der Waals surface area contributed by atoms with E-state index in [0.717, 1.165) is 68.1 Å². The van der Waals surface area contributed by atoms with E-state index in [1.54, 1.807) is 11.9 Å². The van der Waals surface area contributed by atoms with Crippen molar-refractivity contribution in [3.8, 4) is 0 Å². The van der Waals surface area contributed by atoms with E-state index in [4.69, 9.17) is 14.7 Å². The van der Waals surface area contributed by atoms with Gasteiger partial charge in [0.15, 0.2) is 0 Å². The first-order chi connectivity index (χ1) is 12.5. The molecule has 0 radical (unpaired) electrons. The minimum absolute atomic E-state index is 0.110. The molecule has 0 N–H and O–H groups in total. The summed E-state index contributed by atoms with van der Waals surface area (Å²) in [6, 6.07) is 0. The molecule has 7 heteroatoms. The second-order valence-electron chi connectivity index (χ2n) is 7.52. The van der Waals surface area contributed by atoms with E-state index in [2.05, 4.69) is 0 Å². The summed E-state index contributed by atoms with van der Waals surface area (Å²) in [4.78, 5) is 37.6. The molecule has 1 unspecified atom stereocenters. The van der Waals surface area contributed by atoms with E-state index in [0.29, 0.717) is 13.0 Å². The standard InChI is InChI=1S/C19H26N4O3/c1-12-14-5-6-16(24)22(2)18(14)21-17(20-12)13-7-9-23(10-8-13)19(25)15-4-3-11-26-15/h13,15H,3-11H2,1-2H3. The lowest BCUT2D eigenvalue weighted by atomic mass is 9.94. The SMILES string of the molecule is Cc1nc(C2CCN(C(=O)C3CCCO3)CC2)nc2c1CCC(=O)N2C. The summed E-state index contributed by atoms with van der Waals surface area (Å²) in [5, 5.41) is 0. The summed E-state index contributed by atoms with van der Waals surface area (Å²) in [7, 11) is 1.79. The van der Waals surface area contributed by atoms with Crippen molar-refractivity contribution in [1.29, 1.82) is 0 Å². The van der Waals surface area contributed by atoms with Crippen molar-refractivity contribution in [2.24, 2.45) is 0 Å². The molecule has 3 aliphatic heterocycles. The van der Waals surface area contributed by atoms with Gasteiger partial charge in [0.2, 0.25) is 5.91 Å². The van der Waals surface area contributed by atoms with Crippen LogP contribution in [0.1, 0.15) is 55.1 Å². The lowest BCUT2D eigenvalue weighted by Gasteiger charge is -2.33. The van der Waals surface area contributed by atoms with Crippen LogP contribution >= 0.6 is 0 Å². The van der Waals surface area contributed by atoms with Crippen LogP contribution in [0.25, 0.3) is 0 Å². The molecule has 0 bridgehead atoms. The van der Waals surface area contributed by atoms with Crippen LogP contribution in [0.2, 0.25) is 0 Å². The van der Waals surface area contributed by atoms with Gasteiger partial charge in [0.05, 0.1) is 0 Å². The Labute approximate surface area is 153 Å². The van der Waals surface area contributed by atoms with Crippen LogP contribution in [-0.4, -0.2) is 59.5 Å². The number of rotatable bonds is 2. The predicted molar refractivity (Wildman–Crippen MR) is 96.0 cm³/mol. The first-order valence-corrected chi connectivity index (χ1v) is 9.59. The zero-order valence-electron chi connectivity index (χ0n) is 15.5. The maximum Gasteiger partial charge on any atom is 0.251 e. The first-order valence-electron chi connectivity index (χ1n) is 9.59. The van der Waals surface area contributed by atoms with E-state index >= 15 is 0 Å². The summed E-state index contributed by atoms with van der Waals surface area (Å²) in [6.07, 6.45) is 4.53. The van der Waals surface area contributed by atoms with Crippen LogP contribution in [0.4, 0.5) is 5.82 Å². The Balaban J connectivity index is 1.47. The summed E-state index contributed by atoms with van der Waals surface area (Å²) >= 11 is 0. The average Bonchev–Trinajstić information content (AvgIpc) is 3.19. The van der Waals surface area contributed by atoms with Gasteiger partial charge in [0, 0.05) is 50.3 Å². The molecule has 1 aromatic rings. The van der Waals surface area contributed by atoms with Crippen molar-refractivity contribution in [3.63, 3.8) is 0 Å². The fraction of sp³-hybridized carbons (Fsp3) is 0.684. The van der Waals surface area contributed by atoms with E-state index in [1.807, 2.05) is 11.8 Å². The Morgan fingerprint density at radius 2 is 1.92 bits per heavy atom. The van der Waals surface area contributed by atoms with Crippen molar-refractivity contribution in [1.82, 2.24) is 14.9 Å². The van der Waals surface area contributed by atoms with E-state index in [1.165, 1.54) is 0 Å². The number of likely N-dealkylation sites (tertiary alicyclic amines) is 1. The summed E-state index contributed by atoms with van der Waals surface area (Å²) in [6.45, 7) is 4.14. The first kappa shape index (κ1) is 17.4. The van der Waals surface area contributed by atoms with Gasteiger partial charge in [-0.2, -0.15) is 0 Å². The minimum Gasteiger partial charge on any atom is -0.368 e. The molecule has 2 fully saturated rings. The Morgan fingerprint density at radius 3 is 2.62 bits per heavy atom. The molecule has 140 valence electrons. The van der Waals surface area contributed by atoms with Gasteiger partial charge in [-0.3, -0.25) is 14.5 Å². The van der Waals surface area contributed by atoms with Crippen molar-refractivity contribution < 1.29 is 14.3 Å². The molecule has 3 aliphatic rings. The third-order valence-electron chi connectivity index (χ3n) is 5.87. The number of hydrogen-bond donors (Lipinski definition) is 0. The quantitative estimate of drug-likeness (QED) is 0.802. The molecule has 1 atom stereocenters. The van der Waals surface area contributed by atoms with Crippen molar-refractivity contribution in [2.45, 2.75) is 57.5 Å². The van der Waals surface area contributed by atoms with Crippen molar-refractivity contribution in [2.75, 3.05) is 31.6 Å². The van der Waals surface area contributed by atoms with Crippen LogP contribution in [0.3, 0.4) is 0 Å². The van der Waals surface area contributed by atoms with Crippen LogP contribution in [-0.2, 0) is 20.7 Å². The van der Waals surface area contributed by atoms with Crippen LogP contribution in [0.5, 0.6) is 0 Å². The van der Waals surface area contributed by atoms with Gasteiger partial charge in [-0.25, -0.2) is 9.97 Å². The Hall–Kier alpha value is -2.02. The summed E-state index contributed by atoms with van der Waals surface area (Å²) < 4.78 is 5.53. The van der Waals surface area contributed by atoms with E-state index in [-0.39, 0.29) is 23.8 Å². The number of piperidine rings is 1. The van der Waals surface area contributed by atoms with Crippen LogP contribution < -0.4 is 4.90 Å². The van der Waals surface area contributed by atoms with Crippen molar-refractivity contribution in [3.05, 3.63) is 17.1 Å². The molecule has 26 heavy (non-hydrogen) atoms. The smallest absolute Gasteiger partial charge is 0.251 e. The topological polar surface area (TPSA) is 75.6 Å². The molecule has 4 rings (SSSR count). The van der Waals surface area contributed by atoms with Gasteiger partial charge in [-0.1, -0.05) is 0 Å². The third-order valence-corrected chi connectivity index (χ3v) is 5.87. The van der Waals surface area contributed by atoms with E-state index in [9.17, 15) is 9.59 Å². The van der Waals surface area contributed by atoms with Crippen LogP contribution in [0, 0.1) is 6.92 Å². The van der Waals surface area contributed by atoms with Crippen molar-refractivity contribution >= 4 is 17.6 Å². The highest BCUT2D eigenvalue weighted by molar-refractivity contribution is 5.94. The molecule has 4 heterocycles. The van der Waals surface area contributed by atoms with Gasteiger partial charge in [0.25, 0.3) is 5.91 Å². The van der Waals surface area contributed by atoms with Gasteiger partial charge in [-0.15, -0.1) is 0 Å². The number of carbonyl (C=O) groups excluding carboxylic acids is 2. The largest absolute Gasteiger partial charge is 0.368 e. The maximum atomic E-state index is 12.5. The maximum absolute atomic E-state index is 12.5. The molecular weight excluding hydrogens is 332 g/mol. The fourth-order valence-corrected chi connectivity index (χ4v) is 4.21. The highest BCUT2D eigenvalue weighted by atomic mass is 16.5. The number of anilines is 1. The molecular formula is C19H26N4O3. The number of fused-ring (bicyclic) bond motifs is 1. The molecule has 7 nitrogen and oxygen atoms in total. The number of amides is 2. The number of ether oxygens (including phenoxy) is 1. The van der Waals surface area contributed by atoms with Gasteiger partial charge >= 0.3 is 0 Å². The fourth-order valence-electron chi connectivity index (χ4n) is 4.21. The predicted octanol–water partition coefficient (Wildman–Crippen LogP) is 1.58. The lowest BCUT2D eigenvalue weighted by molar-refractivity contribution is -0.142. The molecule has 0 saturated carbocycles. The Kier molecular flexibility index (Phi) is 4.65. The highest BCUT2D eigenvalue weighted by Crippen LogP contribution is 2.32. The molecule has 2 saturated heterocycles. The Morgan fingerprint density at radius 1 is 1.15 bits per heavy atom. The summed E-state index contributed by atoms with van der Waals surface area (Å²) in [5.41, 5.74) is 2.06. The minimum atomic E-state index is -0.242. The number of aromatic nitrogens is 2. The number of nitrogens with zero attached hydrogens (tertiary/aromatic N) is 4. The third kappa shape index (κ3) is 3.09. The number of hydrogen-bond acceptors (Lipinski definition) is 5. The second kappa shape index (κ2) is 6.95. The van der Waals surface area contributed by atoms with Gasteiger partial charge in [0.1, 0.15) is 17.7 Å². The second-order valence-corrected chi connectivity index (χ2v) is 7.52. The monoisotopic (exact) mass is 358 g/mol. The molecule has 0 spiro atoms. The normalized spacial score (nSPS) is 24.1. The zero-order valence-corrected chi connectivity index (χ0v) is 15.5. The molecule has 2 amide bonds. The van der Waals surface area contributed by atoms with Crippen LogP contribution in [0.15, 0.2) is 0 Å². The molecule has 1 aromatic heterocycles. The lowest BCUT2D eigenvalue weighted by Crippen LogP contribution is -2.43. The highest BCUT2D eigenvalue weighted by Gasteiger charge is 2.33. The zero-order chi connectivity index (χ0) is 18.3. The van der Waals surface area contributed by atoms with E-state index < -0.39 is 0 Å². The Bertz CT molecular complexity index is 722. The molecule has 0 aliphatic carbocycles. The summed E-state index contributed by atoms with van der Waals surface area (Å²) in [5.74, 6) is 2.05. The van der Waals surface area contributed by atoms with Gasteiger partial charge in [-0.05, 0) is 39.0 Å². The average molecular weight is 358 g/mol. The number of aryl methyl sites for hydroxylation is 1.